The lowest BCUT2D eigenvalue weighted by Crippen LogP contribution is -2.55. The Hall–Kier alpha value is -0.870. The van der Waals surface area contributed by atoms with Gasteiger partial charge < -0.3 is 5.11 Å². The standard InChI is InChI=1S/C10H17F3N2O4S/c11-10(12,13)7-14-20(18,19)15-9(6-8(16)17)4-2-1-3-5-9/h14-15H,1-7H2,(H,16,17). The topological polar surface area (TPSA) is 95.5 Å². The van der Waals surface area contributed by atoms with E-state index < -0.39 is 40.9 Å². The molecule has 1 saturated carbocycles. The van der Waals surface area contributed by atoms with Crippen molar-refractivity contribution in [2.75, 3.05) is 6.54 Å². The minimum Gasteiger partial charge on any atom is -0.481 e. The van der Waals surface area contributed by atoms with Gasteiger partial charge in [0.25, 0.3) is 10.2 Å². The maximum atomic E-state index is 12.0. The molecular weight excluding hydrogens is 301 g/mol. The van der Waals surface area contributed by atoms with Crippen LogP contribution in [0.5, 0.6) is 0 Å². The Bertz CT molecular complexity index is 444. The summed E-state index contributed by atoms with van der Waals surface area (Å²) >= 11 is 0. The summed E-state index contributed by atoms with van der Waals surface area (Å²) < 4.78 is 62.8. The van der Waals surface area contributed by atoms with E-state index >= 15 is 0 Å². The molecule has 6 nitrogen and oxygen atoms in total. The van der Waals surface area contributed by atoms with Crippen molar-refractivity contribution in [1.29, 1.82) is 0 Å². The second-order valence-corrected chi connectivity index (χ2v) is 6.45. The predicted molar refractivity (Wildman–Crippen MR) is 64.2 cm³/mol. The summed E-state index contributed by atoms with van der Waals surface area (Å²) in [7, 11) is -4.40. The van der Waals surface area contributed by atoms with Crippen LogP contribution in [0.4, 0.5) is 13.2 Å². The molecule has 0 spiro atoms. The molecule has 0 aliphatic heterocycles. The van der Waals surface area contributed by atoms with Crippen molar-refractivity contribution in [1.82, 2.24) is 9.44 Å². The second-order valence-electron chi connectivity index (χ2n) is 4.95. The number of carboxylic acid groups (broad SMARTS) is 1. The van der Waals surface area contributed by atoms with Crippen LogP contribution in [0.25, 0.3) is 0 Å². The van der Waals surface area contributed by atoms with E-state index in [1.165, 1.54) is 4.72 Å². The van der Waals surface area contributed by atoms with Crippen molar-refractivity contribution in [3.63, 3.8) is 0 Å². The normalized spacial score (nSPS) is 19.8. The molecule has 0 amide bonds. The van der Waals surface area contributed by atoms with Gasteiger partial charge in [-0.3, -0.25) is 4.79 Å². The predicted octanol–water partition coefficient (Wildman–Crippen LogP) is 1.15. The summed E-state index contributed by atoms with van der Waals surface area (Å²) in [5.74, 6) is -1.19. The van der Waals surface area contributed by atoms with E-state index in [1.807, 2.05) is 0 Å². The van der Waals surface area contributed by atoms with Crippen molar-refractivity contribution in [2.24, 2.45) is 0 Å². The molecule has 0 radical (unpaired) electrons. The lowest BCUT2D eigenvalue weighted by molar-refractivity contribution is -0.139. The molecule has 0 atom stereocenters. The van der Waals surface area contributed by atoms with Crippen LogP contribution < -0.4 is 9.44 Å². The van der Waals surface area contributed by atoms with Crippen LogP contribution in [0.3, 0.4) is 0 Å². The summed E-state index contributed by atoms with van der Waals surface area (Å²) in [5, 5.41) is 8.85. The van der Waals surface area contributed by atoms with E-state index in [0.29, 0.717) is 25.7 Å². The zero-order valence-corrected chi connectivity index (χ0v) is 11.5. The molecule has 20 heavy (non-hydrogen) atoms. The SMILES string of the molecule is O=C(O)CC1(NS(=O)(=O)NCC(F)(F)F)CCCCC1. The third-order valence-electron chi connectivity index (χ3n) is 3.11. The monoisotopic (exact) mass is 318 g/mol. The summed E-state index contributed by atoms with van der Waals surface area (Å²) in [6, 6.07) is 0. The number of halogens is 3. The number of hydrogen-bond acceptors (Lipinski definition) is 3. The summed E-state index contributed by atoms with van der Waals surface area (Å²) in [5.41, 5.74) is -1.21. The molecule has 1 rings (SSSR count). The number of rotatable bonds is 6. The zero-order chi connectivity index (χ0) is 15.4. The van der Waals surface area contributed by atoms with Gasteiger partial charge in [0.15, 0.2) is 0 Å². The Morgan fingerprint density at radius 2 is 1.75 bits per heavy atom. The third-order valence-corrected chi connectivity index (χ3v) is 4.34. The molecule has 1 fully saturated rings. The van der Waals surface area contributed by atoms with Gasteiger partial charge in [0.1, 0.15) is 6.54 Å². The second kappa shape index (κ2) is 6.27. The van der Waals surface area contributed by atoms with Crippen molar-refractivity contribution in [3.05, 3.63) is 0 Å². The van der Waals surface area contributed by atoms with Crippen molar-refractivity contribution < 1.29 is 31.5 Å². The van der Waals surface area contributed by atoms with Crippen LogP contribution in [0.1, 0.15) is 38.5 Å². The van der Waals surface area contributed by atoms with Gasteiger partial charge in [0.05, 0.1) is 6.42 Å². The highest BCUT2D eigenvalue weighted by Crippen LogP contribution is 2.31. The Morgan fingerprint density at radius 1 is 1.20 bits per heavy atom. The maximum absolute atomic E-state index is 12.0. The van der Waals surface area contributed by atoms with Gasteiger partial charge in [-0.25, -0.2) is 0 Å². The molecule has 10 heteroatoms. The highest BCUT2D eigenvalue weighted by Gasteiger charge is 2.39. The van der Waals surface area contributed by atoms with E-state index in [9.17, 15) is 26.4 Å². The fourth-order valence-corrected chi connectivity index (χ4v) is 3.60. The number of alkyl halides is 3. The van der Waals surface area contributed by atoms with Gasteiger partial charge in [-0.2, -0.15) is 31.0 Å². The first-order valence-electron chi connectivity index (χ1n) is 6.11. The quantitative estimate of drug-likeness (QED) is 0.684. The molecule has 0 saturated heterocycles. The van der Waals surface area contributed by atoms with Crippen LogP contribution in [0.15, 0.2) is 0 Å². The third kappa shape index (κ3) is 6.06. The summed E-state index contributed by atoms with van der Waals surface area (Å²) in [6.07, 6.45) is -2.40. The van der Waals surface area contributed by atoms with Gasteiger partial charge in [0.2, 0.25) is 0 Å². The molecule has 0 bridgehead atoms. The highest BCUT2D eigenvalue weighted by molar-refractivity contribution is 7.87. The van der Waals surface area contributed by atoms with Crippen molar-refractivity contribution in [2.45, 2.75) is 50.2 Å². The molecular formula is C10H17F3N2O4S. The first-order chi connectivity index (χ1) is 9.04. The average molecular weight is 318 g/mol. The number of hydrogen-bond donors (Lipinski definition) is 3. The fraction of sp³-hybridized carbons (Fsp3) is 0.900. The first kappa shape index (κ1) is 17.2. The lowest BCUT2D eigenvalue weighted by Gasteiger charge is -2.36. The van der Waals surface area contributed by atoms with Gasteiger partial charge in [-0.1, -0.05) is 19.3 Å². The van der Waals surface area contributed by atoms with Crippen LogP contribution in [0, 0.1) is 0 Å². The fourth-order valence-electron chi connectivity index (χ4n) is 2.33. The number of carboxylic acids is 1. The molecule has 0 heterocycles. The smallest absolute Gasteiger partial charge is 0.402 e. The zero-order valence-electron chi connectivity index (χ0n) is 10.7. The molecule has 3 N–H and O–H groups in total. The minimum atomic E-state index is -4.67. The van der Waals surface area contributed by atoms with Crippen LogP contribution in [-0.4, -0.2) is 37.8 Å². The molecule has 0 aromatic rings. The van der Waals surface area contributed by atoms with Crippen molar-refractivity contribution >= 4 is 16.2 Å². The van der Waals surface area contributed by atoms with Crippen LogP contribution in [-0.2, 0) is 15.0 Å². The van der Waals surface area contributed by atoms with Gasteiger partial charge >= 0.3 is 12.1 Å². The Kier molecular flexibility index (Phi) is 5.39. The maximum Gasteiger partial charge on any atom is 0.402 e. The highest BCUT2D eigenvalue weighted by atomic mass is 32.2. The lowest BCUT2D eigenvalue weighted by atomic mass is 9.80. The molecule has 0 unspecified atom stereocenters. The van der Waals surface area contributed by atoms with E-state index in [2.05, 4.69) is 4.72 Å². The van der Waals surface area contributed by atoms with Crippen LogP contribution in [0.2, 0.25) is 0 Å². The van der Waals surface area contributed by atoms with Gasteiger partial charge in [0, 0.05) is 5.54 Å². The molecule has 1 aliphatic rings. The molecule has 0 aromatic carbocycles. The first-order valence-corrected chi connectivity index (χ1v) is 7.59. The number of nitrogens with one attached hydrogen (secondary N) is 2. The van der Waals surface area contributed by atoms with E-state index in [0.717, 1.165) is 6.42 Å². The molecule has 0 aromatic heterocycles. The van der Waals surface area contributed by atoms with Gasteiger partial charge in [-0.05, 0) is 12.8 Å². The van der Waals surface area contributed by atoms with E-state index in [-0.39, 0.29) is 0 Å². The Morgan fingerprint density at radius 3 is 2.20 bits per heavy atom. The Balaban J connectivity index is 2.75. The van der Waals surface area contributed by atoms with Crippen molar-refractivity contribution in [3.8, 4) is 0 Å². The average Bonchev–Trinajstić information content (AvgIpc) is 2.25. The van der Waals surface area contributed by atoms with E-state index in [4.69, 9.17) is 5.11 Å². The number of aliphatic carboxylic acids is 1. The summed E-state index contributed by atoms with van der Waals surface area (Å²) in [6.45, 7) is -1.69. The summed E-state index contributed by atoms with van der Waals surface area (Å²) in [4.78, 5) is 10.8. The Labute approximate surface area is 114 Å². The largest absolute Gasteiger partial charge is 0.481 e. The minimum absolute atomic E-state index is 0.298. The molecule has 1 aliphatic carbocycles. The van der Waals surface area contributed by atoms with Gasteiger partial charge in [-0.15, -0.1) is 0 Å². The molecule has 118 valence electrons. The van der Waals surface area contributed by atoms with E-state index in [1.54, 1.807) is 0 Å². The van der Waals surface area contributed by atoms with Crippen LogP contribution >= 0.6 is 0 Å². The number of carbonyl (C=O) groups is 1.